The van der Waals surface area contributed by atoms with Crippen molar-refractivity contribution in [2.75, 3.05) is 13.7 Å². The molecule has 2 nitrogen and oxygen atoms in total. The zero-order valence-corrected chi connectivity index (χ0v) is 10.8. The molecule has 1 aromatic rings. The predicted molar refractivity (Wildman–Crippen MR) is 67.1 cm³/mol. The van der Waals surface area contributed by atoms with Gasteiger partial charge in [0.15, 0.2) is 0 Å². The normalized spacial score (nSPS) is 26.6. The van der Waals surface area contributed by atoms with E-state index in [0.29, 0.717) is 11.6 Å². The van der Waals surface area contributed by atoms with Crippen LogP contribution in [-0.4, -0.2) is 13.7 Å². The summed E-state index contributed by atoms with van der Waals surface area (Å²) < 4.78 is 5.41. The zero-order chi connectivity index (χ0) is 12.0. The molecule has 2 rings (SSSR count). The van der Waals surface area contributed by atoms with Crippen LogP contribution in [0, 0.1) is 5.41 Å². The quantitative estimate of drug-likeness (QED) is 0.880. The van der Waals surface area contributed by atoms with E-state index in [1.807, 2.05) is 12.1 Å². The van der Waals surface area contributed by atoms with Gasteiger partial charge in [-0.1, -0.05) is 37.6 Å². The lowest BCUT2D eigenvalue weighted by molar-refractivity contribution is 0.395. The first-order valence-corrected chi connectivity index (χ1v) is 5.89. The Hall–Kier alpha value is -0.730. The molecule has 1 saturated carbocycles. The van der Waals surface area contributed by atoms with Crippen molar-refractivity contribution in [1.82, 2.24) is 0 Å². The molecule has 0 saturated heterocycles. The minimum absolute atomic E-state index is 0.0310. The molecular formula is C13H18ClNO. The maximum atomic E-state index is 6.15. The van der Waals surface area contributed by atoms with Gasteiger partial charge in [0.25, 0.3) is 0 Å². The van der Waals surface area contributed by atoms with E-state index < -0.39 is 0 Å². The first-order chi connectivity index (χ1) is 7.48. The summed E-state index contributed by atoms with van der Waals surface area (Å²) >= 11 is 6.15. The fourth-order valence-corrected chi connectivity index (χ4v) is 2.97. The SMILES string of the molecule is COc1c(Cl)cccc1C1(CN)CC1(C)C. The van der Waals surface area contributed by atoms with E-state index in [0.717, 1.165) is 17.7 Å². The van der Waals surface area contributed by atoms with Gasteiger partial charge in [-0.3, -0.25) is 0 Å². The van der Waals surface area contributed by atoms with Crippen molar-refractivity contribution in [1.29, 1.82) is 0 Å². The van der Waals surface area contributed by atoms with Crippen molar-refractivity contribution in [2.45, 2.75) is 25.7 Å². The molecule has 1 aliphatic rings. The van der Waals surface area contributed by atoms with Gasteiger partial charge in [-0.25, -0.2) is 0 Å². The second kappa shape index (κ2) is 3.64. The molecule has 0 spiro atoms. The molecule has 3 heteroatoms. The van der Waals surface area contributed by atoms with E-state index >= 15 is 0 Å². The third kappa shape index (κ3) is 1.44. The van der Waals surface area contributed by atoms with E-state index in [1.54, 1.807) is 7.11 Å². The van der Waals surface area contributed by atoms with Crippen LogP contribution in [0.2, 0.25) is 5.02 Å². The van der Waals surface area contributed by atoms with Crippen LogP contribution in [0.1, 0.15) is 25.8 Å². The predicted octanol–water partition coefficient (Wildman–Crippen LogP) is 2.98. The molecular weight excluding hydrogens is 222 g/mol. The van der Waals surface area contributed by atoms with Gasteiger partial charge >= 0.3 is 0 Å². The lowest BCUT2D eigenvalue weighted by Crippen LogP contribution is -2.26. The Kier molecular flexibility index (Phi) is 2.67. The Labute approximate surface area is 102 Å². The van der Waals surface area contributed by atoms with Crippen LogP contribution in [0.3, 0.4) is 0 Å². The number of ether oxygens (including phenoxy) is 1. The van der Waals surface area contributed by atoms with E-state index in [9.17, 15) is 0 Å². The number of rotatable bonds is 3. The van der Waals surface area contributed by atoms with E-state index in [2.05, 4.69) is 19.9 Å². The van der Waals surface area contributed by atoms with Crippen LogP contribution in [0.15, 0.2) is 18.2 Å². The summed E-state index contributed by atoms with van der Waals surface area (Å²) in [7, 11) is 1.66. The monoisotopic (exact) mass is 239 g/mol. The minimum Gasteiger partial charge on any atom is -0.495 e. The van der Waals surface area contributed by atoms with Crippen LogP contribution in [0.5, 0.6) is 5.75 Å². The molecule has 1 aromatic carbocycles. The van der Waals surface area contributed by atoms with E-state index in [-0.39, 0.29) is 10.8 Å². The Morgan fingerprint density at radius 1 is 1.44 bits per heavy atom. The highest BCUT2D eigenvalue weighted by atomic mass is 35.5. The van der Waals surface area contributed by atoms with Gasteiger partial charge in [-0.2, -0.15) is 0 Å². The molecule has 2 N–H and O–H groups in total. The van der Waals surface area contributed by atoms with Gasteiger partial charge in [0, 0.05) is 17.5 Å². The van der Waals surface area contributed by atoms with Gasteiger partial charge < -0.3 is 10.5 Å². The molecule has 0 bridgehead atoms. The van der Waals surface area contributed by atoms with Crippen molar-refractivity contribution >= 4 is 11.6 Å². The average molecular weight is 240 g/mol. The summed E-state index contributed by atoms with van der Waals surface area (Å²) in [5, 5.41) is 0.663. The van der Waals surface area contributed by atoms with E-state index in [1.165, 1.54) is 0 Å². The van der Waals surface area contributed by atoms with Crippen LogP contribution in [0.4, 0.5) is 0 Å². The fraction of sp³-hybridized carbons (Fsp3) is 0.538. The van der Waals surface area contributed by atoms with Gasteiger partial charge in [0.05, 0.1) is 12.1 Å². The van der Waals surface area contributed by atoms with Gasteiger partial charge in [0.1, 0.15) is 5.75 Å². The maximum absolute atomic E-state index is 6.15. The van der Waals surface area contributed by atoms with Crippen molar-refractivity contribution in [3.05, 3.63) is 28.8 Å². The average Bonchev–Trinajstić information content (AvgIpc) is 2.82. The molecule has 0 radical (unpaired) electrons. The molecule has 0 amide bonds. The summed E-state index contributed by atoms with van der Waals surface area (Å²) in [5.74, 6) is 0.778. The third-order valence-corrected chi connectivity index (χ3v) is 4.25. The molecule has 1 atom stereocenters. The lowest BCUT2D eigenvalue weighted by atomic mass is 9.87. The Morgan fingerprint density at radius 2 is 2.06 bits per heavy atom. The van der Waals surface area contributed by atoms with Crippen LogP contribution in [-0.2, 0) is 5.41 Å². The van der Waals surface area contributed by atoms with Crippen molar-refractivity contribution in [2.24, 2.45) is 11.1 Å². The Bertz CT molecular complexity index is 416. The third-order valence-electron chi connectivity index (χ3n) is 3.95. The molecule has 0 heterocycles. The number of hydrogen-bond donors (Lipinski definition) is 1. The van der Waals surface area contributed by atoms with Crippen molar-refractivity contribution in [3.63, 3.8) is 0 Å². The van der Waals surface area contributed by atoms with Gasteiger partial charge in [-0.05, 0) is 17.9 Å². The number of halogens is 1. The lowest BCUT2D eigenvalue weighted by Gasteiger charge is -2.22. The largest absolute Gasteiger partial charge is 0.495 e. The molecule has 1 fully saturated rings. The summed E-state index contributed by atoms with van der Waals surface area (Å²) in [6, 6.07) is 5.89. The van der Waals surface area contributed by atoms with Crippen molar-refractivity contribution < 1.29 is 4.74 Å². The van der Waals surface area contributed by atoms with Crippen LogP contribution < -0.4 is 10.5 Å². The smallest absolute Gasteiger partial charge is 0.141 e. The molecule has 1 unspecified atom stereocenters. The second-order valence-electron chi connectivity index (χ2n) is 5.17. The minimum atomic E-state index is 0.0310. The highest BCUT2D eigenvalue weighted by Gasteiger charge is 2.62. The molecule has 88 valence electrons. The number of nitrogens with two attached hydrogens (primary N) is 1. The molecule has 0 aromatic heterocycles. The Morgan fingerprint density at radius 3 is 2.50 bits per heavy atom. The first kappa shape index (κ1) is 11.7. The topological polar surface area (TPSA) is 35.2 Å². The van der Waals surface area contributed by atoms with Crippen LogP contribution in [0.25, 0.3) is 0 Å². The van der Waals surface area contributed by atoms with Crippen molar-refractivity contribution in [3.8, 4) is 5.75 Å². The van der Waals surface area contributed by atoms with Gasteiger partial charge in [-0.15, -0.1) is 0 Å². The summed E-state index contributed by atoms with van der Waals surface area (Å²) in [6.07, 6.45) is 1.09. The highest BCUT2D eigenvalue weighted by molar-refractivity contribution is 6.32. The first-order valence-electron chi connectivity index (χ1n) is 5.51. The summed E-state index contributed by atoms with van der Waals surface area (Å²) in [4.78, 5) is 0. The maximum Gasteiger partial charge on any atom is 0.141 e. The zero-order valence-electron chi connectivity index (χ0n) is 10.0. The molecule has 16 heavy (non-hydrogen) atoms. The molecule has 1 aliphatic carbocycles. The number of hydrogen-bond acceptors (Lipinski definition) is 2. The van der Waals surface area contributed by atoms with E-state index in [4.69, 9.17) is 22.1 Å². The fourth-order valence-electron chi connectivity index (χ4n) is 2.72. The Balaban J connectivity index is 2.53. The molecule has 0 aliphatic heterocycles. The summed E-state index contributed by atoms with van der Waals surface area (Å²) in [6.45, 7) is 5.11. The van der Waals surface area contributed by atoms with Gasteiger partial charge in [0.2, 0.25) is 0 Å². The summed E-state index contributed by atoms with van der Waals surface area (Å²) in [5.41, 5.74) is 7.37. The number of para-hydroxylation sites is 1. The standard InChI is InChI=1S/C13H18ClNO/c1-12(2)7-13(12,8-15)9-5-4-6-10(14)11(9)16-3/h4-6H,7-8,15H2,1-3H3. The number of benzene rings is 1. The highest BCUT2D eigenvalue weighted by Crippen LogP contribution is 2.65. The van der Waals surface area contributed by atoms with Crippen LogP contribution >= 0.6 is 11.6 Å². The second-order valence-corrected chi connectivity index (χ2v) is 5.57. The number of methoxy groups -OCH3 is 1.